The second-order valence-electron chi connectivity index (χ2n) is 6.36. The maximum absolute atomic E-state index is 13.2. The molecule has 0 spiro atoms. The zero-order valence-electron chi connectivity index (χ0n) is 15.1. The molecule has 0 unspecified atom stereocenters. The first-order valence-corrected chi connectivity index (χ1v) is 8.57. The van der Waals surface area contributed by atoms with Gasteiger partial charge in [0.1, 0.15) is 5.82 Å². The van der Waals surface area contributed by atoms with Crippen LogP contribution in [-0.2, 0) is 6.42 Å². The minimum Gasteiger partial charge on any atom is -0.512 e. The molecule has 3 aromatic rings. The molecule has 0 atom stereocenters. The second-order valence-corrected chi connectivity index (χ2v) is 6.36. The number of fused-ring (bicyclic) bond motifs is 1. The number of hydrogen-bond donors (Lipinski definition) is 2. The highest BCUT2D eigenvalue weighted by Crippen LogP contribution is 2.37. The molecule has 2 N–H and O–H groups in total. The summed E-state index contributed by atoms with van der Waals surface area (Å²) in [4.78, 5) is 3.28. The first kappa shape index (κ1) is 17.7. The van der Waals surface area contributed by atoms with E-state index in [4.69, 9.17) is 0 Å². The minimum absolute atomic E-state index is 0.129. The molecule has 0 aliphatic rings. The molecule has 0 bridgehead atoms. The van der Waals surface area contributed by atoms with E-state index in [0.29, 0.717) is 16.7 Å². The van der Waals surface area contributed by atoms with E-state index in [0.717, 1.165) is 28.5 Å². The van der Waals surface area contributed by atoms with Crippen molar-refractivity contribution in [1.29, 1.82) is 0 Å². The van der Waals surface area contributed by atoms with Gasteiger partial charge in [0, 0.05) is 28.2 Å². The van der Waals surface area contributed by atoms with Crippen molar-refractivity contribution in [2.24, 2.45) is 0 Å². The van der Waals surface area contributed by atoms with E-state index in [1.54, 1.807) is 19.1 Å². The van der Waals surface area contributed by atoms with E-state index in [1.807, 2.05) is 6.20 Å². The zero-order chi connectivity index (χ0) is 18.8. The van der Waals surface area contributed by atoms with Gasteiger partial charge in [-0.15, -0.1) is 0 Å². The Morgan fingerprint density at radius 3 is 2.38 bits per heavy atom. The third-order valence-electron chi connectivity index (χ3n) is 4.64. The Kier molecular flexibility index (Phi) is 4.81. The van der Waals surface area contributed by atoms with Gasteiger partial charge in [0.2, 0.25) is 0 Å². The molecule has 26 heavy (non-hydrogen) atoms. The predicted molar refractivity (Wildman–Crippen MR) is 107 cm³/mol. The predicted octanol–water partition coefficient (Wildman–Crippen LogP) is 6.43. The number of aryl methyl sites for hydroxylation is 1. The molecule has 132 valence electrons. The number of rotatable bonds is 5. The molecular weight excluding hydrogens is 325 g/mol. The Labute approximate surface area is 153 Å². The summed E-state index contributed by atoms with van der Waals surface area (Å²) >= 11 is 0. The van der Waals surface area contributed by atoms with Gasteiger partial charge >= 0.3 is 0 Å². The number of allylic oxidation sites excluding steroid dienone is 4. The quantitative estimate of drug-likeness (QED) is 0.405. The fraction of sp³-hybridized carbons (Fsp3) is 0.130. The van der Waals surface area contributed by atoms with Gasteiger partial charge in [-0.05, 0) is 53.8 Å². The molecule has 0 saturated carbocycles. The summed E-state index contributed by atoms with van der Waals surface area (Å²) < 4.78 is 13.2. The van der Waals surface area contributed by atoms with Gasteiger partial charge in [-0.25, -0.2) is 4.39 Å². The van der Waals surface area contributed by atoms with Crippen LogP contribution in [0.1, 0.15) is 30.5 Å². The summed E-state index contributed by atoms with van der Waals surface area (Å²) in [6.45, 7) is 12.0. The van der Waals surface area contributed by atoms with E-state index in [-0.39, 0.29) is 11.6 Å². The number of halogens is 1. The molecule has 3 heteroatoms. The monoisotopic (exact) mass is 347 g/mol. The highest BCUT2D eigenvalue weighted by Gasteiger charge is 2.17. The first-order valence-electron chi connectivity index (χ1n) is 8.57. The Hall–Kier alpha value is -3.07. The summed E-state index contributed by atoms with van der Waals surface area (Å²) in [7, 11) is 0. The maximum Gasteiger partial charge on any atom is 0.123 e. The van der Waals surface area contributed by atoms with E-state index in [2.05, 4.69) is 43.3 Å². The van der Waals surface area contributed by atoms with Crippen molar-refractivity contribution in [3.8, 4) is 0 Å². The number of aliphatic hydroxyl groups excluding tert-OH is 1. The Morgan fingerprint density at radius 1 is 1.08 bits per heavy atom. The number of benzene rings is 2. The van der Waals surface area contributed by atoms with Crippen molar-refractivity contribution < 1.29 is 9.50 Å². The molecule has 3 rings (SSSR count). The summed E-state index contributed by atoms with van der Waals surface area (Å²) in [5.41, 5.74) is 5.78. The summed E-state index contributed by atoms with van der Waals surface area (Å²) in [6, 6.07) is 12.3. The van der Waals surface area contributed by atoms with Crippen LogP contribution in [-0.4, -0.2) is 10.1 Å². The van der Waals surface area contributed by atoms with E-state index >= 15 is 0 Å². The van der Waals surface area contributed by atoms with Crippen LogP contribution in [0.2, 0.25) is 0 Å². The fourth-order valence-corrected chi connectivity index (χ4v) is 3.19. The third kappa shape index (κ3) is 3.21. The molecule has 0 amide bonds. The SMILES string of the molecule is C=C(/C(C(=C)c1c[nH]c2cc(CC)ccc12)=C(/C)O)c1ccc(F)cc1. The van der Waals surface area contributed by atoms with Gasteiger partial charge in [0.15, 0.2) is 0 Å². The van der Waals surface area contributed by atoms with Crippen molar-refractivity contribution in [1.82, 2.24) is 4.98 Å². The van der Waals surface area contributed by atoms with Gasteiger partial charge in [0.05, 0.1) is 5.76 Å². The number of hydrogen-bond acceptors (Lipinski definition) is 1. The largest absolute Gasteiger partial charge is 0.512 e. The number of aromatic amines is 1. The van der Waals surface area contributed by atoms with Crippen LogP contribution in [0.5, 0.6) is 0 Å². The van der Waals surface area contributed by atoms with Crippen LogP contribution in [0.3, 0.4) is 0 Å². The maximum atomic E-state index is 13.2. The Balaban J connectivity index is 2.04. The molecule has 2 aromatic carbocycles. The lowest BCUT2D eigenvalue weighted by molar-refractivity contribution is 0.412. The fourth-order valence-electron chi connectivity index (χ4n) is 3.19. The summed E-state index contributed by atoms with van der Waals surface area (Å²) in [5, 5.41) is 11.3. The van der Waals surface area contributed by atoms with Crippen molar-refractivity contribution in [2.45, 2.75) is 20.3 Å². The van der Waals surface area contributed by atoms with E-state index in [1.165, 1.54) is 17.7 Å². The Morgan fingerprint density at radius 2 is 1.77 bits per heavy atom. The molecule has 1 aromatic heterocycles. The number of H-pyrrole nitrogens is 1. The van der Waals surface area contributed by atoms with Crippen LogP contribution in [0, 0.1) is 5.82 Å². The molecular formula is C23H22FNO. The van der Waals surface area contributed by atoms with E-state index < -0.39 is 0 Å². The molecule has 0 fully saturated rings. The highest BCUT2D eigenvalue weighted by atomic mass is 19.1. The zero-order valence-corrected chi connectivity index (χ0v) is 15.1. The Bertz CT molecular complexity index is 1020. The average molecular weight is 347 g/mol. The molecule has 0 aliphatic carbocycles. The van der Waals surface area contributed by atoms with Crippen LogP contribution < -0.4 is 0 Å². The van der Waals surface area contributed by atoms with Crippen molar-refractivity contribution in [3.05, 3.63) is 95.7 Å². The molecule has 2 nitrogen and oxygen atoms in total. The number of aromatic nitrogens is 1. The number of nitrogens with one attached hydrogen (secondary N) is 1. The lowest BCUT2D eigenvalue weighted by Crippen LogP contribution is -1.96. The summed E-state index contributed by atoms with van der Waals surface area (Å²) in [6.07, 6.45) is 2.86. The second kappa shape index (κ2) is 7.04. The standard InChI is InChI=1S/C23H22FNO/c1-5-17-6-11-20-21(13-25-22(20)12-17)15(3)23(16(4)26)14(2)18-7-9-19(24)10-8-18/h6-13,25-26H,2-3,5H2,1,4H3/b23-16+. The topological polar surface area (TPSA) is 36.0 Å². The third-order valence-corrected chi connectivity index (χ3v) is 4.64. The minimum atomic E-state index is -0.310. The van der Waals surface area contributed by atoms with E-state index in [9.17, 15) is 9.50 Å². The normalized spacial score (nSPS) is 12.1. The van der Waals surface area contributed by atoms with Crippen molar-refractivity contribution in [3.63, 3.8) is 0 Å². The van der Waals surface area contributed by atoms with Gasteiger partial charge in [0.25, 0.3) is 0 Å². The van der Waals surface area contributed by atoms with Crippen LogP contribution in [0.15, 0.2) is 73.2 Å². The first-order chi connectivity index (χ1) is 12.4. The van der Waals surface area contributed by atoms with Gasteiger partial charge in [-0.3, -0.25) is 0 Å². The van der Waals surface area contributed by atoms with Gasteiger partial charge < -0.3 is 10.1 Å². The molecule has 0 radical (unpaired) electrons. The van der Waals surface area contributed by atoms with Crippen LogP contribution in [0.25, 0.3) is 22.0 Å². The smallest absolute Gasteiger partial charge is 0.123 e. The molecule has 0 aliphatic heterocycles. The van der Waals surface area contributed by atoms with Gasteiger partial charge in [-0.1, -0.05) is 44.3 Å². The van der Waals surface area contributed by atoms with Gasteiger partial charge in [-0.2, -0.15) is 0 Å². The number of aliphatic hydroxyl groups is 1. The molecule has 1 heterocycles. The molecule has 0 saturated heterocycles. The lowest BCUT2D eigenvalue weighted by Gasteiger charge is -2.15. The van der Waals surface area contributed by atoms with Crippen LogP contribution >= 0.6 is 0 Å². The summed E-state index contributed by atoms with van der Waals surface area (Å²) in [5.74, 6) is -0.182. The lowest BCUT2D eigenvalue weighted by atomic mass is 9.89. The average Bonchev–Trinajstić information content (AvgIpc) is 3.05. The van der Waals surface area contributed by atoms with Crippen LogP contribution in [0.4, 0.5) is 4.39 Å². The highest BCUT2D eigenvalue weighted by molar-refractivity contribution is 6.03. The van der Waals surface area contributed by atoms with Crippen molar-refractivity contribution >= 4 is 22.0 Å². The van der Waals surface area contributed by atoms with Crippen molar-refractivity contribution in [2.75, 3.05) is 0 Å².